The van der Waals surface area contributed by atoms with E-state index in [1.807, 2.05) is 19.0 Å². The Bertz CT molecular complexity index is 1100. The third-order valence-electron chi connectivity index (χ3n) is 4.51. The van der Waals surface area contributed by atoms with E-state index in [1.54, 1.807) is 43.6 Å². The molecule has 8 heteroatoms. The second kappa shape index (κ2) is 7.73. The van der Waals surface area contributed by atoms with Crippen LogP contribution >= 0.6 is 0 Å². The van der Waals surface area contributed by atoms with Crippen molar-refractivity contribution in [2.75, 3.05) is 35.4 Å². The highest BCUT2D eigenvalue weighted by atomic mass is 32.2. The lowest BCUT2D eigenvalue weighted by atomic mass is 10.1. The van der Waals surface area contributed by atoms with E-state index >= 15 is 0 Å². The van der Waals surface area contributed by atoms with Crippen LogP contribution in [0.25, 0.3) is 10.9 Å². The number of rotatable bonds is 7. The molecule has 0 saturated carbocycles. The standard InChI is InChI=1S/C20H24N2O5S/c1-21(2)13-16-15-10-11-22(17(15)7-9-18(16)26-4)28(23,24)20-12-14(25-3)6-8-19(20)27-5/h6-12H,13H2,1-5H3. The highest BCUT2D eigenvalue weighted by Gasteiger charge is 2.25. The molecule has 0 radical (unpaired) electrons. The van der Waals surface area contributed by atoms with Crippen LogP contribution in [-0.2, 0) is 16.6 Å². The summed E-state index contributed by atoms with van der Waals surface area (Å²) in [7, 11) is 4.53. The Morgan fingerprint density at radius 3 is 2.21 bits per heavy atom. The van der Waals surface area contributed by atoms with Crippen molar-refractivity contribution in [2.24, 2.45) is 0 Å². The molecule has 1 heterocycles. The van der Waals surface area contributed by atoms with E-state index in [9.17, 15) is 8.42 Å². The number of benzene rings is 2. The van der Waals surface area contributed by atoms with E-state index in [1.165, 1.54) is 24.3 Å². The molecular weight excluding hydrogens is 380 g/mol. The molecule has 0 aliphatic heterocycles. The number of aromatic nitrogens is 1. The first-order valence-corrected chi connectivity index (χ1v) is 10.1. The van der Waals surface area contributed by atoms with Gasteiger partial charge in [-0.05, 0) is 44.4 Å². The zero-order valence-electron chi connectivity index (χ0n) is 16.6. The summed E-state index contributed by atoms with van der Waals surface area (Å²) in [6, 6.07) is 10.0. The fourth-order valence-electron chi connectivity index (χ4n) is 3.20. The van der Waals surface area contributed by atoms with Crippen LogP contribution in [0.2, 0.25) is 0 Å². The molecule has 150 valence electrons. The van der Waals surface area contributed by atoms with Gasteiger partial charge >= 0.3 is 0 Å². The van der Waals surface area contributed by atoms with Gasteiger partial charge in [-0.3, -0.25) is 0 Å². The Balaban J connectivity index is 2.24. The predicted molar refractivity (Wildman–Crippen MR) is 108 cm³/mol. The lowest BCUT2D eigenvalue weighted by Crippen LogP contribution is -2.14. The molecule has 0 fully saturated rings. The van der Waals surface area contributed by atoms with Crippen LogP contribution < -0.4 is 14.2 Å². The van der Waals surface area contributed by atoms with Crippen molar-refractivity contribution in [2.45, 2.75) is 11.4 Å². The summed E-state index contributed by atoms with van der Waals surface area (Å²) in [5, 5.41) is 0.818. The minimum absolute atomic E-state index is 0.0387. The Labute approximate surface area is 165 Å². The summed E-state index contributed by atoms with van der Waals surface area (Å²) in [5.41, 5.74) is 1.50. The summed E-state index contributed by atoms with van der Waals surface area (Å²) in [5.74, 6) is 1.41. The number of hydrogen-bond acceptors (Lipinski definition) is 6. The third kappa shape index (κ3) is 3.41. The average molecular weight is 404 g/mol. The first-order chi connectivity index (χ1) is 13.3. The van der Waals surface area contributed by atoms with Gasteiger partial charge in [-0.25, -0.2) is 12.4 Å². The van der Waals surface area contributed by atoms with Crippen LogP contribution in [0.4, 0.5) is 0 Å². The van der Waals surface area contributed by atoms with Gasteiger partial charge in [0.15, 0.2) is 0 Å². The number of hydrogen-bond donors (Lipinski definition) is 0. The molecule has 0 aliphatic rings. The Morgan fingerprint density at radius 2 is 1.61 bits per heavy atom. The monoisotopic (exact) mass is 404 g/mol. The van der Waals surface area contributed by atoms with Crippen molar-refractivity contribution < 1.29 is 22.6 Å². The van der Waals surface area contributed by atoms with Crippen molar-refractivity contribution in [3.05, 3.63) is 48.2 Å². The second-order valence-electron chi connectivity index (χ2n) is 6.55. The van der Waals surface area contributed by atoms with E-state index in [0.717, 1.165) is 16.7 Å². The molecule has 0 bridgehead atoms. The maximum absolute atomic E-state index is 13.4. The number of nitrogens with zero attached hydrogens (tertiary/aromatic N) is 2. The van der Waals surface area contributed by atoms with E-state index in [4.69, 9.17) is 14.2 Å². The zero-order valence-corrected chi connectivity index (χ0v) is 17.4. The molecule has 0 spiro atoms. The van der Waals surface area contributed by atoms with Crippen LogP contribution in [0.5, 0.6) is 17.2 Å². The lowest BCUT2D eigenvalue weighted by Gasteiger charge is -2.16. The molecule has 0 unspecified atom stereocenters. The lowest BCUT2D eigenvalue weighted by molar-refractivity contribution is 0.374. The van der Waals surface area contributed by atoms with Gasteiger partial charge < -0.3 is 19.1 Å². The van der Waals surface area contributed by atoms with Gasteiger partial charge in [0.05, 0.1) is 26.8 Å². The molecule has 1 aromatic heterocycles. The molecule has 0 amide bonds. The van der Waals surface area contributed by atoms with Gasteiger partial charge in [-0.1, -0.05) is 0 Å². The molecule has 0 saturated heterocycles. The summed E-state index contributed by atoms with van der Waals surface area (Å²) in [6.45, 7) is 0.618. The van der Waals surface area contributed by atoms with Gasteiger partial charge in [-0.2, -0.15) is 0 Å². The highest BCUT2D eigenvalue weighted by Crippen LogP contribution is 2.34. The van der Waals surface area contributed by atoms with Crippen molar-refractivity contribution >= 4 is 20.9 Å². The normalized spacial score (nSPS) is 11.8. The number of fused-ring (bicyclic) bond motifs is 1. The van der Waals surface area contributed by atoms with Crippen molar-refractivity contribution in [1.82, 2.24) is 8.87 Å². The van der Waals surface area contributed by atoms with Crippen LogP contribution in [0, 0.1) is 0 Å². The van der Waals surface area contributed by atoms with E-state index < -0.39 is 10.0 Å². The molecule has 28 heavy (non-hydrogen) atoms. The van der Waals surface area contributed by atoms with Crippen molar-refractivity contribution in [3.8, 4) is 17.2 Å². The van der Waals surface area contributed by atoms with Crippen molar-refractivity contribution in [1.29, 1.82) is 0 Å². The Kier molecular flexibility index (Phi) is 5.53. The molecule has 3 aromatic rings. The summed E-state index contributed by atoms with van der Waals surface area (Å²) in [6.07, 6.45) is 1.55. The fourth-order valence-corrected chi connectivity index (χ4v) is 4.73. The highest BCUT2D eigenvalue weighted by molar-refractivity contribution is 7.90. The van der Waals surface area contributed by atoms with Gasteiger partial charge in [-0.15, -0.1) is 0 Å². The largest absolute Gasteiger partial charge is 0.497 e. The van der Waals surface area contributed by atoms with Crippen LogP contribution in [0.3, 0.4) is 0 Å². The summed E-state index contributed by atoms with van der Waals surface area (Å²) >= 11 is 0. The zero-order chi connectivity index (χ0) is 20.5. The van der Waals surface area contributed by atoms with Gasteiger partial charge in [0.2, 0.25) is 0 Å². The minimum Gasteiger partial charge on any atom is -0.497 e. The number of ether oxygens (including phenoxy) is 3. The molecule has 7 nitrogen and oxygen atoms in total. The summed E-state index contributed by atoms with van der Waals surface area (Å²) < 4.78 is 44.1. The molecule has 0 aliphatic carbocycles. The quantitative estimate of drug-likeness (QED) is 0.603. The maximum Gasteiger partial charge on any atom is 0.271 e. The van der Waals surface area contributed by atoms with Crippen molar-refractivity contribution in [3.63, 3.8) is 0 Å². The van der Waals surface area contributed by atoms with E-state index in [2.05, 4.69) is 0 Å². The third-order valence-corrected chi connectivity index (χ3v) is 6.22. The molecule has 0 atom stereocenters. The predicted octanol–water partition coefficient (Wildman–Crippen LogP) is 2.97. The van der Waals surface area contributed by atoms with Gasteiger partial charge in [0, 0.05) is 29.8 Å². The molecule has 3 rings (SSSR count). The molecule has 0 N–H and O–H groups in total. The van der Waals surface area contributed by atoms with E-state index in [0.29, 0.717) is 17.8 Å². The fraction of sp³-hybridized carbons (Fsp3) is 0.300. The minimum atomic E-state index is -3.91. The topological polar surface area (TPSA) is 70.0 Å². The smallest absolute Gasteiger partial charge is 0.271 e. The van der Waals surface area contributed by atoms with E-state index in [-0.39, 0.29) is 10.6 Å². The summed E-state index contributed by atoms with van der Waals surface area (Å²) in [4.78, 5) is 2.05. The second-order valence-corrected chi connectivity index (χ2v) is 8.33. The Morgan fingerprint density at radius 1 is 0.929 bits per heavy atom. The average Bonchev–Trinajstić information content (AvgIpc) is 3.12. The van der Waals surface area contributed by atoms with Crippen LogP contribution in [0.1, 0.15) is 5.56 Å². The number of methoxy groups -OCH3 is 3. The molecule has 2 aromatic carbocycles. The SMILES string of the molecule is COc1ccc(OC)c(S(=O)(=O)n2ccc3c(CN(C)C)c(OC)ccc32)c1. The first-order valence-electron chi connectivity index (χ1n) is 8.62. The van der Waals surface area contributed by atoms with Crippen LogP contribution in [0.15, 0.2) is 47.5 Å². The molecular formula is C20H24N2O5S. The van der Waals surface area contributed by atoms with Gasteiger partial charge in [0.25, 0.3) is 10.0 Å². The van der Waals surface area contributed by atoms with Gasteiger partial charge in [0.1, 0.15) is 22.1 Å². The maximum atomic E-state index is 13.4. The van der Waals surface area contributed by atoms with Crippen LogP contribution in [-0.4, -0.2) is 52.7 Å². The first kappa shape index (κ1) is 20.0. The Hall–Kier alpha value is -2.71.